The van der Waals surface area contributed by atoms with Gasteiger partial charge in [-0.15, -0.1) is 0 Å². The van der Waals surface area contributed by atoms with Crippen molar-refractivity contribution in [2.45, 2.75) is 38.8 Å². The van der Waals surface area contributed by atoms with Crippen LogP contribution in [0.3, 0.4) is 0 Å². The fourth-order valence-corrected chi connectivity index (χ4v) is 2.46. The Morgan fingerprint density at radius 2 is 2.10 bits per heavy atom. The SMILES string of the molecule is CCCN(CC(=O)N(C)C)C(c1cnn(C)c1)C(N)CC. The van der Waals surface area contributed by atoms with E-state index in [0.717, 1.165) is 24.9 Å². The van der Waals surface area contributed by atoms with Gasteiger partial charge in [-0.1, -0.05) is 13.8 Å². The van der Waals surface area contributed by atoms with Gasteiger partial charge in [-0.25, -0.2) is 0 Å². The molecule has 0 aliphatic rings. The maximum Gasteiger partial charge on any atom is 0.236 e. The number of carbonyl (C=O) groups excluding carboxylic acids is 1. The molecule has 0 aliphatic carbocycles. The van der Waals surface area contributed by atoms with Crippen LogP contribution in [0.25, 0.3) is 0 Å². The van der Waals surface area contributed by atoms with Gasteiger partial charge < -0.3 is 10.6 Å². The summed E-state index contributed by atoms with van der Waals surface area (Å²) < 4.78 is 1.78. The van der Waals surface area contributed by atoms with Gasteiger partial charge in [0.2, 0.25) is 5.91 Å². The molecule has 0 saturated carbocycles. The number of aryl methyl sites for hydroxylation is 1. The van der Waals surface area contributed by atoms with E-state index < -0.39 is 0 Å². The lowest BCUT2D eigenvalue weighted by Crippen LogP contribution is -2.45. The maximum atomic E-state index is 12.1. The zero-order valence-electron chi connectivity index (χ0n) is 13.9. The van der Waals surface area contributed by atoms with Crippen LogP contribution in [0, 0.1) is 0 Å². The third-order valence-corrected chi connectivity index (χ3v) is 3.68. The first-order valence-electron chi connectivity index (χ1n) is 7.59. The standard InChI is InChI=1S/C15H29N5O/c1-6-8-20(11-14(21)18(3)4)15(13(16)7-2)12-9-17-19(5)10-12/h9-10,13,15H,6-8,11,16H2,1-5H3. The molecule has 0 radical (unpaired) electrons. The van der Waals surface area contributed by atoms with E-state index in [9.17, 15) is 4.79 Å². The molecule has 21 heavy (non-hydrogen) atoms. The first-order chi connectivity index (χ1) is 9.90. The molecule has 6 heteroatoms. The fourth-order valence-electron chi connectivity index (χ4n) is 2.46. The highest BCUT2D eigenvalue weighted by Gasteiger charge is 2.28. The highest BCUT2D eigenvalue weighted by molar-refractivity contribution is 5.77. The first-order valence-corrected chi connectivity index (χ1v) is 7.59. The van der Waals surface area contributed by atoms with Gasteiger partial charge >= 0.3 is 0 Å². The Balaban J connectivity index is 3.03. The van der Waals surface area contributed by atoms with Crippen LogP contribution < -0.4 is 5.73 Å². The van der Waals surface area contributed by atoms with Gasteiger partial charge in [-0.05, 0) is 19.4 Å². The van der Waals surface area contributed by atoms with Crippen molar-refractivity contribution in [2.75, 3.05) is 27.2 Å². The van der Waals surface area contributed by atoms with Gasteiger partial charge in [0.15, 0.2) is 0 Å². The number of aromatic nitrogens is 2. The summed E-state index contributed by atoms with van der Waals surface area (Å²) in [6.07, 6.45) is 5.68. The summed E-state index contributed by atoms with van der Waals surface area (Å²) in [5.74, 6) is 0.0978. The molecule has 6 nitrogen and oxygen atoms in total. The summed E-state index contributed by atoms with van der Waals surface area (Å²) in [7, 11) is 5.46. The van der Waals surface area contributed by atoms with Crippen LogP contribution in [0.15, 0.2) is 12.4 Å². The lowest BCUT2D eigenvalue weighted by atomic mass is 9.98. The van der Waals surface area contributed by atoms with Crippen LogP contribution in [0.4, 0.5) is 0 Å². The second kappa shape index (κ2) is 8.14. The minimum atomic E-state index is -0.0179. The van der Waals surface area contributed by atoms with E-state index in [1.54, 1.807) is 23.7 Å². The Bertz CT molecular complexity index is 443. The normalized spacial score (nSPS) is 14.2. The molecule has 2 unspecified atom stereocenters. The van der Waals surface area contributed by atoms with Crippen molar-refractivity contribution in [3.05, 3.63) is 18.0 Å². The molecular formula is C15H29N5O. The Hall–Kier alpha value is -1.40. The Morgan fingerprint density at radius 3 is 2.52 bits per heavy atom. The van der Waals surface area contributed by atoms with E-state index in [1.807, 2.05) is 19.4 Å². The third-order valence-electron chi connectivity index (χ3n) is 3.68. The monoisotopic (exact) mass is 295 g/mol. The van der Waals surface area contributed by atoms with Crippen molar-refractivity contribution in [3.8, 4) is 0 Å². The van der Waals surface area contributed by atoms with E-state index in [0.29, 0.717) is 6.54 Å². The predicted octanol–water partition coefficient (Wildman–Crippen LogP) is 0.999. The number of carbonyl (C=O) groups is 1. The molecule has 1 rings (SSSR count). The molecule has 1 heterocycles. The number of likely N-dealkylation sites (N-methyl/N-ethyl adjacent to an activating group) is 1. The van der Waals surface area contributed by atoms with Crippen molar-refractivity contribution in [3.63, 3.8) is 0 Å². The zero-order valence-corrected chi connectivity index (χ0v) is 13.9. The largest absolute Gasteiger partial charge is 0.348 e. The molecule has 0 fully saturated rings. The molecule has 2 N–H and O–H groups in total. The topological polar surface area (TPSA) is 67.4 Å². The second-order valence-corrected chi connectivity index (χ2v) is 5.72. The average molecular weight is 295 g/mol. The Kier molecular flexibility index (Phi) is 6.84. The minimum Gasteiger partial charge on any atom is -0.348 e. The van der Waals surface area contributed by atoms with Gasteiger partial charge in [-0.2, -0.15) is 5.10 Å². The molecule has 1 amide bonds. The first kappa shape index (κ1) is 17.7. The van der Waals surface area contributed by atoms with Crippen LogP contribution in [-0.2, 0) is 11.8 Å². The smallest absolute Gasteiger partial charge is 0.236 e. The maximum absolute atomic E-state index is 12.1. The number of hydrogen-bond donors (Lipinski definition) is 1. The summed E-state index contributed by atoms with van der Waals surface area (Å²) in [4.78, 5) is 15.9. The van der Waals surface area contributed by atoms with E-state index in [1.165, 1.54) is 0 Å². The Morgan fingerprint density at radius 1 is 1.43 bits per heavy atom. The molecule has 0 aliphatic heterocycles. The van der Waals surface area contributed by atoms with Crippen molar-refractivity contribution >= 4 is 5.91 Å². The van der Waals surface area contributed by atoms with E-state index >= 15 is 0 Å². The summed E-state index contributed by atoms with van der Waals surface area (Å²) in [6.45, 7) is 5.41. The zero-order chi connectivity index (χ0) is 16.0. The number of nitrogens with two attached hydrogens (primary N) is 1. The molecule has 0 aromatic carbocycles. The number of amides is 1. The Labute approximate surface area is 127 Å². The molecule has 2 atom stereocenters. The van der Waals surface area contributed by atoms with Crippen molar-refractivity contribution in [2.24, 2.45) is 12.8 Å². The molecule has 0 bridgehead atoms. The molecule has 1 aromatic heterocycles. The van der Waals surface area contributed by atoms with Crippen molar-refractivity contribution in [1.82, 2.24) is 19.6 Å². The summed E-state index contributed by atoms with van der Waals surface area (Å²) in [5, 5.41) is 4.25. The lowest BCUT2D eigenvalue weighted by Gasteiger charge is -2.34. The second-order valence-electron chi connectivity index (χ2n) is 5.72. The van der Waals surface area contributed by atoms with Crippen LogP contribution in [0.2, 0.25) is 0 Å². The quantitative estimate of drug-likeness (QED) is 0.777. The van der Waals surface area contributed by atoms with E-state index in [4.69, 9.17) is 5.73 Å². The fraction of sp³-hybridized carbons (Fsp3) is 0.733. The van der Waals surface area contributed by atoms with Crippen LogP contribution >= 0.6 is 0 Å². The van der Waals surface area contributed by atoms with Gasteiger partial charge in [0, 0.05) is 38.9 Å². The third kappa shape index (κ3) is 4.82. The molecule has 1 aromatic rings. The van der Waals surface area contributed by atoms with Crippen molar-refractivity contribution in [1.29, 1.82) is 0 Å². The van der Waals surface area contributed by atoms with Crippen molar-refractivity contribution < 1.29 is 4.79 Å². The van der Waals surface area contributed by atoms with E-state index in [-0.39, 0.29) is 18.0 Å². The average Bonchev–Trinajstić information content (AvgIpc) is 2.85. The molecule has 120 valence electrons. The van der Waals surface area contributed by atoms with Crippen LogP contribution in [-0.4, -0.2) is 58.7 Å². The lowest BCUT2D eigenvalue weighted by molar-refractivity contribution is -0.130. The van der Waals surface area contributed by atoms with Crippen LogP contribution in [0.1, 0.15) is 38.3 Å². The molecule has 0 saturated heterocycles. The summed E-state index contributed by atoms with van der Waals surface area (Å²) in [5.41, 5.74) is 7.41. The summed E-state index contributed by atoms with van der Waals surface area (Å²) >= 11 is 0. The number of rotatable bonds is 8. The highest BCUT2D eigenvalue weighted by atomic mass is 16.2. The number of hydrogen-bond acceptors (Lipinski definition) is 4. The summed E-state index contributed by atoms with van der Waals surface area (Å²) in [6, 6.07) is 0.00302. The van der Waals surface area contributed by atoms with Gasteiger partial charge in [0.05, 0.1) is 18.8 Å². The minimum absolute atomic E-state index is 0.0179. The molecular weight excluding hydrogens is 266 g/mol. The molecule has 0 spiro atoms. The predicted molar refractivity (Wildman–Crippen MR) is 84.8 cm³/mol. The van der Waals surface area contributed by atoms with Gasteiger partial charge in [-0.3, -0.25) is 14.4 Å². The van der Waals surface area contributed by atoms with Crippen LogP contribution in [0.5, 0.6) is 0 Å². The van der Waals surface area contributed by atoms with Gasteiger partial charge in [0.25, 0.3) is 0 Å². The highest BCUT2D eigenvalue weighted by Crippen LogP contribution is 2.25. The van der Waals surface area contributed by atoms with Gasteiger partial charge in [0.1, 0.15) is 0 Å². The van der Waals surface area contributed by atoms with E-state index in [2.05, 4.69) is 23.8 Å². The number of nitrogens with zero attached hydrogens (tertiary/aromatic N) is 4.